The Morgan fingerprint density at radius 2 is 0.812 bits per heavy atom. The van der Waals surface area contributed by atoms with Crippen LogP contribution in [0.25, 0.3) is 66.1 Å². The molecule has 64 heavy (non-hydrogen) atoms. The van der Waals surface area contributed by atoms with E-state index in [1.807, 2.05) is 0 Å². The molecule has 0 amide bonds. The zero-order valence-corrected chi connectivity index (χ0v) is 35.3. The molecule has 1 aliphatic rings. The fraction of sp³-hybridized carbons (Fsp3) is 0.0159. The first-order chi connectivity index (χ1) is 31.8. The molecule has 0 fully saturated rings. The van der Waals surface area contributed by atoms with Crippen molar-refractivity contribution in [2.75, 3.05) is 4.90 Å². The number of hydrogen-bond donors (Lipinski definition) is 0. The van der Waals surface area contributed by atoms with Crippen LogP contribution in [0.5, 0.6) is 0 Å². The van der Waals surface area contributed by atoms with E-state index in [1.54, 1.807) is 0 Å². The van der Waals surface area contributed by atoms with E-state index in [1.165, 1.54) is 77.2 Å². The number of rotatable bonds is 8. The molecule has 0 saturated carbocycles. The second kappa shape index (κ2) is 15.6. The van der Waals surface area contributed by atoms with Gasteiger partial charge in [0.15, 0.2) is 0 Å². The van der Waals surface area contributed by atoms with Crippen LogP contribution in [0.1, 0.15) is 22.3 Å². The largest absolute Gasteiger partial charge is 0.309 e. The van der Waals surface area contributed by atoms with Crippen molar-refractivity contribution in [1.82, 2.24) is 0 Å². The highest BCUT2D eigenvalue weighted by Crippen LogP contribution is 2.60. The fourth-order valence-electron chi connectivity index (χ4n) is 10.5. The Labute approximate surface area is 374 Å². The van der Waals surface area contributed by atoms with Gasteiger partial charge in [0.1, 0.15) is 0 Å². The van der Waals surface area contributed by atoms with Crippen molar-refractivity contribution in [1.29, 1.82) is 0 Å². The molecule has 0 atom stereocenters. The zero-order chi connectivity index (χ0) is 42.5. The molecule has 0 aliphatic heterocycles. The highest BCUT2D eigenvalue weighted by molar-refractivity contribution is 6.14. The summed E-state index contributed by atoms with van der Waals surface area (Å²) >= 11 is 0. The molecule has 300 valence electrons. The highest BCUT2D eigenvalue weighted by atomic mass is 15.1. The molecule has 11 aromatic rings. The molecule has 0 radical (unpaired) electrons. The molecule has 1 nitrogen and oxygen atoms in total. The summed E-state index contributed by atoms with van der Waals surface area (Å²) in [5.74, 6) is 0. The van der Waals surface area contributed by atoms with Gasteiger partial charge in [0.2, 0.25) is 0 Å². The summed E-state index contributed by atoms with van der Waals surface area (Å²) in [7, 11) is 0. The molecule has 0 saturated heterocycles. The standard InChI is InChI=1S/C63H43N/c1-5-20-44(21-6-1)45-36-39-51(40-37-45)64(60-35-19-34-59-62(60)56-32-17-18-33-58(56)63(59,49-25-9-3-10-26-49)50-27-11-4-12-28-50)61-43-48(38-41-53(61)46-22-7-2-8-23-46)57-42-47-24-13-14-29-52(47)54-30-15-16-31-55(54)57/h1-43H. The van der Waals surface area contributed by atoms with E-state index in [2.05, 4.69) is 266 Å². The van der Waals surface area contributed by atoms with Crippen molar-refractivity contribution >= 4 is 38.6 Å². The topological polar surface area (TPSA) is 3.24 Å². The van der Waals surface area contributed by atoms with Gasteiger partial charge in [0, 0.05) is 16.8 Å². The lowest BCUT2D eigenvalue weighted by Crippen LogP contribution is -2.28. The van der Waals surface area contributed by atoms with Crippen LogP contribution in [0.2, 0.25) is 0 Å². The minimum Gasteiger partial charge on any atom is -0.309 e. The second-order valence-electron chi connectivity index (χ2n) is 16.8. The summed E-state index contributed by atoms with van der Waals surface area (Å²) in [5.41, 5.74) is 17.4. The predicted octanol–water partition coefficient (Wildman–Crippen LogP) is 16.8. The molecule has 12 rings (SSSR count). The lowest BCUT2D eigenvalue weighted by atomic mass is 9.68. The van der Waals surface area contributed by atoms with Gasteiger partial charge in [-0.05, 0) is 108 Å². The number of anilines is 3. The van der Waals surface area contributed by atoms with Crippen LogP contribution in [0.15, 0.2) is 261 Å². The first-order valence-corrected chi connectivity index (χ1v) is 22.2. The van der Waals surface area contributed by atoms with Crippen molar-refractivity contribution in [3.8, 4) is 44.5 Å². The average Bonchev–Trinajstić information content (AvgIpc) is 3.69. The van der Waals surface area contributed by atoms with Crippen molar-refractivity contribution in [2.24, 2.45) is 0 Å². The smallest absolute Gasteiger partial charge is 0.0714 e. The van der Waals surface area contributed by atoms with E-state index < -0.39 is 5.41 Å². The van der Waals surface area contributed by atoms with Crippen molar-refractivity contribution in [3.05, 3.63) is 283 Å². The molecular weight excluding hydrogens is 771 g/mol. The van der Waals surface area contributed by atoms with Gasteiger partial charge in [-0.15, -0.1) is 0 Å². The van der Waals surface area contributed by atoms with E-state index in [9.17, 15) is 0 Å². The van der Waals surface area contributed by atoms with Crippen molar-refractivity contribution < 1.29 is 0 Å². The molecule has 0 heterocycles. The Morgan fingerprint density at radius 1 is 0.281 bits per heavy atom. The van der Waals surface area contributed by atoms with Crippen LogP contribution < -0.4 is 4.90 Å². The molecule has 1 aliphatic carbocycles. The average molecular weight is 814 g/mol. The van der Waals surface area contributed by atoms with Gasteiger partial charge in [-0.1, -0.05) is 231 Å². The lowest BCUT2D eigenvalue weighted by Gasteiger charge is -2.34. The Balaban J connectivity index is 1.18. The van der Waals surface area contributed by atoms with E-state index in [4.69, 9.17) is 0 Å². The molecule has 0 bridgehead atoms. The molecule has 0 spiro atoms. The quantitative estimate of drug-likeness (QED) is 0.138. The Bertz CT molecular complexity index is 3430. The lowest BCUT2D eigenvalue weighted by molar-refractivity contribution is 0.768. The molecule has 1 heteroatoms. The minimum atomic E-state index is -0.540. The Morgan fingerprint density at radius 3 is 1.52 bits per heavy atom. The number of fused-ring (bicyclic) bond motifs is 6. The summed E-state index contributed by atoms with van der Waals surface area (Å²) in [6.45, 7) is 0. The van der Waals surface area contributed by atoms with Gasteiger partial charge < -0.3 is 4.90 Å². The maximum atomic E-state index is 2.53. The van der Waals surface area contributed by atoms with Crippen LogP contribution in [-0.2, 0) is 5.41 Å². The number of hydrogen-bond acceptors (Lipinski definition) is 1. The van der Waals surface area contributed by atoms with Crippen LogP contribution in [0.3, 0.4) is 0 Å². The first-order valence-electron chi connectivity index (χ1n) is 22.2. The summed E-state index contributed by atoms with van der Waals surface area (Å²) in [6, 6.07) is 96.0. The fourth-order valence-corrected chi connectivity index (χ4v) is 10.5. The third-order valence-electron chi connectivity index (χ3n) is 13.3. The normalized spacial score (nSPS) is 12.5. The Hall–Kier alpha value is -8.26. The van der Waals surface area contributed by atoms with Gasteiger partial charge in [-0.2, -0.15) is 0 Å². The van der Waals surface area contributed by atoms with Gasteiger partial charge in [-0.25, -0.2) is 0 Å². The minimum absolute atomic E-state index is 0.540. The monoisotopic (exact) mass is 813 g/mol. The third kappa shape index (κ3) is 6.01. The number of benzene rings is 11. The third-order valence-corrected chi connectivity index (χ3v) is 13.3. The van der Waals surface area contributed by atoms with Gasteiger partial charge in [0.25, 0.3) is 0 Å². The first kappa shape index (κ1) is 37.5. The molecule has 0 unspecified atom stereocenters. The molecule has 0 aromatic heterocycles. The van der Waals surface area contributed by atoms with Gasteiger partial charge >= 0.3 is 0 Å². The van der Waals surface area contributed by atoms with Crippen LogP contribution in [0.4, 0.5) is 17.1 Å². The van der Waals surface area contributed by atoms with E-state index in [0.717, 1.165) is 28.2 Å². The van der Waals surface area contributed by atoms with Crippen LogP contribution >= 0.6 is 0 Å². The number of nitrogens with zero attached hydrogens (tertiary/aromatic N) is 1. The summed E-state index contributed by atoms with van der Waals surface area (Å²) in [5, 5.41) is 4.99. The van der Waals surface area contributed by atoms with Crippen molar-refractivity contribution in [3.63, 3.8) is 0 Å². The summed E-state index contributed by atoms with van der Waals surface area (Å²) in [6.07, 6.45) is 0. The van der Waals surface area contributed by atoms with E-state index >= 15 is 0 Å². The Kier molecular flexibility index (Phi) is 9.13. The highest BCUT2D eigenvalue weighted by Gasteiger charge is 2.47. The van der Waals surface area contributed by atoms with Crippen LogP contribution in [-0.4, -0.2) is 0 Å². The van der Waals surface area contributed by atoms with Crippen molar-refractivity contribution in [2.45, 2.75) is 5.41 Å². The summed E-state index contributed by atoms with van der Waals surface area (Å²) in [4.78, 5) is 2.53. The maximum absolute atomic E-state index is 2.53. The SMILES string of the molecule is c1ccc(-c2ccc(N(c3cc(-c4cc5ccccc5c5ccccc45)ccc3-c3ccccc3)c3cccc4c3-c3ccccc3C4(c3ccccc3)c3ccccc3)cc2)cc1. The van der Waals surface area contributed by atoms with Gasteiger partial charge in [-0.3, -0.25) is 0 Å². The second-order valence-corrected chi connectivity index (χ2v) is 16.8. The van der Waals surface area contributed by atoms with Crippen LogP contribution in [0, 0.1) is 0 Å². The van der Waals surface area contributed by atoms with Gasteiger partial charge in [0.05, 0.1) is 16.8 Å². The van der Waals surface area contributed by atoms with E-state index in [-0.39, 0.29) is 0 Å². The van der Waals surface area contributed by atoms with E-state index in [0.29, 0.717) is 0 Å². The zero-order valence-electron chi connectivity index (χ0n) is 35.3. The molecular formula is C63H43N. The maximum Gasteiger partial charge on any atom is 0.0714 e. The summed E-state index contributed by atoms with van der Waals surface area (Å²) < 4.78 is 0. The molecule has 0 N–H and O–H groups in total. The predicted molar refractivity (Wildman–Crippen MR) is 270 cm³/mol. The molecule has 11 aromatic carbocycles.